The summed E-state index contributed by atoms with van der Waals surface area (Å²) in [6.07, 6.45) is 7.71. The Morgan fingerprint density at radius 3 is 2.62 bits per heavy atom. The van der Waals surface area contributed by atoms with Gasteiger partial charge in [-0.1, -0.05) is 31.0 Å². The molecule has 0 radical (unpaired) electrons. The maximum absolute atomic E-state index is 13.3. The molecule has 1 saturated carbocycles. The van der Waals surface area contributed by atoms with Gasteiger partial charge in [0.2, 0.25) is 5.91 Å². The summed E-state index contributed by atoms with van der Waals surface area (Å²) in [5.74, 6) is 0.221. The molecule has 1 amide bonds. The monoisotopic (exact) mass is 326 g/mol. The van der Waals surface area contributed by atoms with Crippen molar-refractivity contribution < 1.29 is 4.79 Å². The molecule has 24 heavy (non-hydrogen) atoms. The first-order valence-electron chi connectivity index (χ1n) is 8.83. The Balaban J connectivity index is 1.72. The van der Waals surface area contributed by atoms with Crippen molar-refractivity contribution in [3.8, 4) is 0 Å². The van der Waals surface area contributed by atoms with Crippen LogP contribution >= 0.6 is 0 Å². The van der Waals surface area contributed by atoms with Crippen LogP contribution in [0.1, 0.15) is 32.6 Å². The van der Waals surface area contributed by atoms with Crippen LogP contribution in [0.25, 0.3) is 0 Å². The Kier molecular flexibility index (Phi) is 5.18. The van der Waals surface area contributed by atoms with E-state index in [1.54, 1.807) is 6.20 Å². The van der Waals surface area contributed by atoms with E-state index in [9.17, 15) is 4.79 Å². The highest BCUT2D eigenvalue weighted by molar-refractivity contribution is 5.89. The maximum Gasteiger partial charge on any atom is 0.248 e. The number of likely N-dealkylation sites (N-methyl/N-ethyl adjacent to an activating group) is 1. The van der Waals surface area contributed by atoms with Crippen LogP contribution in [0.2, 0.25) is 0 Å². The Morgan fingerprint density at radius 2 is 2.00 bits per heavy atom. The molecule has 2 aromatic rings. The predicted octanol–water partition coefficient (Wildman–Crippen LogP) is 3.16. The summed E-state index contributed by atoms with van der Waals surface area (Å²) < 4.78 is 1.88. The van der Waals surface area contributed by atoms with Crippen molar-refractivity contribution in [1.29, 1.82) is 0 Å². The topological polar surface area (TPSA) is 50.2 Å². The number of nitrogens with one attached hydrogen (secondary N) is 1. The molecule has 0 aliphatic heterocycles. The van der Waals surface area contributed by atoms with Gasteiger partial charge < -0.3 is 10.2 Å². The van der Waals surface area contributed by atoms with Gasteiger partial charge >= 0.3 is 0 Å². The molecule has 5 nitrogen and oxygen atoms in total. The molecule has 0 saturated heterocycles. The number of carbonyl (C=O) groups is 1. The molecule has 1 fully saturated rings. The van der Waals surface area contributed by atoms with Gasteiger partial charge in [-0.15, -0.1) is 0 Å². The quantitative estimate of drug-likeness (QED) is 0.850. The van der Waals surface area contributed by atoms with Crippen LogP contribution in [-0.2, 0) is 11.3 Å². The summed E-state index contributed by atoms with van der Waals surface area (Å²) in [6, 6.07) is 12.0. The lowest BCUT2D eigenvalue weighted by molar-refractivity contribution is -0.135. The first-order chi connectivity index (χ1) is 11.7. The first-order valence-corrected chi connectivity index (χ1v) is 8.83. The van der Waals surface area contributed by atoms with Gasteiger partial charge in [0.05, 0.1) is 6.54 Å². The minimum atomic E-state index is -0.457. The number of benzene rings is 1. The van der Waals surface area contributed by atoms with Crippen molar-refractivity contribution in [3.05, 3.63) is 48.8 Å². The van der Waals surface area contributed by atoms with Gasteiger partial charge in [-0.3, -0.25) is 9.48 Å². The molecule has 1 aliphatic carbocycles. The zero-order valence-electron chi connectivity index (χ0n) is 14.3. The Hall–Kier alpha value is -2.30. The standard InChI is InChI=1S/C19H26N4O/c1-2-22(15-16-23-14-8-13-20-23)18(24)19(11-6-7-12-19)21-17-9-4-3-5-10-17/h3-5,8-10,13-14,21H,2,6-7,11-12,15-16H2,1H3. The third kappa shape index (κ3) is 3.61. The van der Waals surface area contributed by atoms with E-state index in [4.69, 9.17) is 0 Å². The van der Waals surface area contributed by atoms with Crippen LogP contribution in [0.4, 0.5) is 5.69 Å². The van der Waals surface area contributed by atoms with E-state index in [1.165, 1.54) is 0 Å². The van der Waals surface area contributed by atoms with Crippen molar-refractivity contribution in [2.24, 2.45) is 0 Å². The van der Waals surface area contributed by atoms with Crippen molar-refractivity contribution in [2.75, 3.05) is 18.4 Å². The second-order valence-electron chi connectivity index (χ2n) is 6.43. The highest BCUT2D eigenvalue weighted by Crippen LogP contribution is 2.35. The number of anilines is 1. The SMILES string of the molecule is CCN(CCn1cccn1)C(=O)C1(Nc2ccccc2)CCCC1. The zero-order valence-corrected chi connectivity index (χ0v) is 14.3. The van der Waals surface area contributed by atoms with Crippen molar-refractivity contribution >= 4 is 11.6 Å². The average molecular weight is 326 g/mol. The highest BCUT2D eigenvalue weighted by atomic mass is 16.2. The number of aromatic nitrogens is 2. The van der Waals surface area contributed by atoms with E-state index < -0.39 is 5.54 Å². The highest BCUT2D eigenvalue weighted by Gasteiger charge is 2.43. The Morgan fingerprint density at radius 1 is 1.25 bits per heavy atom. The molecule has 3 rings (SSSR count). The second-order valence-corrected chi connectivity index (χ2v) is 6.43. The number of hydrogen-bond donors (Lipinski definition) is 1. The molecule has 5 heteroatoms. The third-order valence-electron chi connectivity index (χ3n) is 4.85. The van der Waals surface area contributed by atoms with E-state index >= 15 is 0 Å². The van der Waals surface area contributed by atoms with Crippen LogP contribution in [-0.4, -0.2) is 39.2 Å². The molecule has 0 atom stereocenters. The first kappa shape index (κ1) is 16.6. The summed E-state index contributed by atoms with van der Waals surface area (Å²) in [5.41, 5.74) is 0.567. The van der Waals surface area contributed by atoms with Crippen LogP contribution < -0.4 is 5.32 Å². The number of rotatable bonds is 7. The summed E-state index contributed by atoms with van der Waals surface area (Å²) >= 11 is 0. The smallest absolute Gasteiger partial charge is 0.248 e. The van der Waals surface area contributed by atoms with Gasteiger partial charge in [-0.05, 0) is 38.0 Å². The number of amides is 1. The lowest BCUT2D eigenvalue weighted by atomic mass is 9.94. The van der Waals surface area contributed by atoms with Crippen molar-refractivity contribution in [1.82, 2.24) is 14.7 Å². The van der Waals surface area contributed by atoms with Crippen LogP contribution in [0.15, 0.2) is 48.8 Å². The van der Waals surface area contributed by atoms with E-state index in [0.717, 1.165) is 44.5 Å². The lowest BCUT2D eigenvalue weighted by Gasteiger charge is -2.35. The van der Waals surface area contributed by atoms with E-state index in [-0.39, 0.29) is 5.91 Å². The molecule has 1 aromatic carbocycles. The van der Waals surface area contributed by atoms with Gasteiger partial charge in [0.1, 0.15) is 5.54 Å². The van der Waals surface area contributed by atoms with E-state index in [1.807, 2.05) is 59.1 Å². The largest absolute Gasteiger partial charge is 0.371 e. The van der Waals surface area contributed by atoms with E-state index in [2.05, 4.69) is 10.4 Å². The lowest BCUT2D eigenvalue weighted by Crippen LogP contribution is -2.53. The Bertz CT molecular complexity index is 633. The fourth-order valence-electron chi connectivity index (χ4n) is 3.53. The normalized spacial score (nSPS) is 16.0. The molecule has 1 heterocycles. The summed E-state index contributed by atoms with van der Waals surface area (Å²) in [4.78, 5) is 15.3. The molecule has 1 aromatic heterocycles. The van der Waals surface area contributed by atoms with Gasteiger partial charge in [0.25, 0.3) is 0 Å². The van der Waals surface area contributed by atoms with E-state index in [0.29, 0.717) is 6.54 Å². The van der Waals surface area contributed by atoms with Gasteiger partial charge in [-0.25, -0.2) is 0 Å². The zero-order chi connectivity index (χ0) is 16.8. The number of hydrogen-bond acceptors (Lipinski definition) is 3. The molecule has 0 spiro atoms. The van der Waals surface area contributed by atoms with Crippen LogP contribution in [0.5, 0.6) is 0 Å². The summed E-state index contributed by atoms with van der Waals surface area (Å²) in [5, 5.41) is 7.78. The third-order valence-corrected chi connectivity index (χ3v) is 4.85. The predicted molar refractivity (Wildman–Crippen MR) is 95.7 cm³/mol. The Labute approximate surface area is 143 Å². The van der Waals surface area contributed by atoms with Gasteiger partial charge in [-0.2, -0.15) is 5.10 Å². The van der Waals surface area contributed by atoms with Gasteiger partial charge in [0, 0.05) is 31.2 Å². The number of para-hydroxylation sites is 1. The molecule has 0 bridgehead atoms. The molecule has 1 N–H and O–H groups in total. The molecule has 0 unspecified atom stereocenters. The molecular formula is C19H26N4O. The molecule has 1 aliphatic rings. The van der Waals surface area contributed by atoms with Crippen LogP contribution in [0.3, 0.4) is 0 Å². The van der Waals surface area contributed by atoms with Crippen molar-refractivity contribution in [3.63, 3.8) is 0 Å². The minimum Gasteiger partial charge on any atom is -0.371 e. The maximum atomic E-state index is 13.3. The number of carbonyl (C=O) groups excluding carboxylic acids is 1. The fourth-order valence-corrected chi connectivity index (χ4v) is 3.53. The summed E-state index contributed by atoms with van der Waals surface area (Å²) in [6.45, 7) is 4.19. The fraction of sp³-hybridized carbons (Fsp3) is 0.474. The number of nitrogens with zero attached hydrogens (tertiary/aromatic N) is 3. The minimum absolute atomic E-state index is 0.221. The van der Waals surface area contributed by atoms with Crippen LogP contribution in [0, 0.1) is 0 Å². The molecular weight excluding hydrogens is 300 g/mol. The molecule has 128 valence electrons. The second kappa shape index (κ2) is 7.51. The van der Waals surface area contributed by atoms with Crippen molar-refractivity contribution in [2.45, 2.75) is 44.7 Å². The summed E-state index contributed by atoms with van der Waals surface area (Å²) in [7, 11) is 0. The van der Waals surface area contributed by atoms with Gasteiger partial charge in [0.15, 0.2) is 0 Å². The average Bonchev–Trinajstić information content (AvgIpc) is 3.29.